The molecule has 0 aliphatic carbocycles. The predicted molar refractivity (Wildman–Crippen MR) is 72.4 cm³/mol. The van der Waals surface area contributed by atoms with Crippen LogP contribution in [0.5, 0.6) is 0 Å². The zero-order chi connectivity index (χ0) is 13.6. The third-order valence-corrected chi connectivity index (χ3v) is 4.59. The molecular formula is C14H28N2O2. The fourth-order valence-electron chi connectivity index (χ4n) is 3.55. The zero-order valence-corrected chi connectivity index (χ0v) is 12.1. The van der Waals surface area contributed by atoms with Gasteiger partial charge in [-0.25, -0.2) is 0 Å². The second-order valence-electron chi connectivity index (χ2n) is 7.00. The molecule has 4 nitrogen and oxygen atoms in total. The summed E-state index contributed by atoms with van der Waals surface area (Å²) in [5, 5.41) is 9.75. The molecule has 2 heterocycles. The monoisotopic (exact) mass is 256 g/mol. The molecule has 3 unspecified atom stereocenters. The summed E-state index contributed by atoms with van der Waals surface area (Å²) in [6.07, 6.45) is 1.83. The number of aliphatic hydroxyl groups is 1. The average molecular weight is 256 g/mol. The Kier molecular flexibility index (Phi) is 3.76. The summed E-state index contributed by atoms with van der Waals surface area (Å²) in [5.74, 6) is 0.317. The Labute approximate surface area is 110 Å². The van der Waals surface area contributed by atoms with E-state index in [1.807, 2.05) is 0 Å². The molecular weight excluding hydrogens is 228 g/mol. The Morgan fingerprint density at radius 2 is 1.94 bits per heavy atom. The minimum atomic E-state index is -0.261. The summed E-state index contributed by atoms with van der Waals surface area (Å²) in [7, 11) is 0. The molecule has 0 aromatic carbocycles. The lowest BCUT2D eigenvalue weighted by atomic mass is 9.82. The zero-order valence-electron chi connectivity index (χ0n) is 12.1. The molecule has 0 aromatic rings. The van der Waals surface area contributed by atoms with Crippen LogP contribution in [0.25, 0.3) is 0 Å². The van der Waals surface area contributed by atoms with Crippen LogP contribution in [-0.4, -0.2) is 53.0 Å². The first kappa shape index (κ1) is 14.3. The normalized spacial score (nSPS) is 40.0. The van der Waals surface area contributed by atoms with Gasteiger partial charge in [0.15, 0.2) is 0 Å². The summed E-state index contributed by atoms with van der Waals surface area (Å²) in [6.45, 7) is 11.2. The van der Waals surface area contributed by atoms with Crippen LogP contribution < -0.4 is 5.73 Å². The molecule has 0 radical (unpaired) electrons. The summed E-state index contributed by atoms with van der Waals surface area (Å²) >= 11 is 0. The van der Waals surface area contributed by atoms with Crippen molar-refractivity contribution in [1.82, 2.24) is 4.90 Å². The molecule has 0 amide bonds. The average Bonchev–Trinajstić information content (AvgIpc) is 2.37. The van der Waals surface area contributed by atoms with Crippen LogP contribution in [0.2, 0.25) is 0 Å². The Morgan fingerprint density at radius 1 is 1.28 bits per heavy atom. The fourth-order valence-corrected chi connectivity index (χ4v) is 3.55. The maximum Gasteiger partial charge on any atom is 0.0788 e. The van der Waals surface area contributed by atoms with Gasteiger partial charge in [0.05, 0.1) is 17.3 Å². The predicted octanol–water partition coefficient (Wildman–Crippen LogP) is 0.974. The summed E-state index contributed by atoms with van der Waals surface area (Å²) < 4.78 is 6.12. The first-order valence-corrected chi connectivity index (χ1v) is 7.08. The summed E-state index contributed by atoms with van der Waals surface area (Å²) in [4.78, 5) is 2.34. The van der Waals surface area contributed by atoms with Crippen molar-refractivity contribution in [3.05, 3.63) is 0 Å². The van der Waals surface area contributed by atoms with Gasteiger partial charge in [-0.1, -0.05) is 0 Å². The highest BCUT2D eigenvalue weighted by atomic mass is 16.5. The molecule has 18 heavy (non-hydrogen) atoms. The van der Waals surface area contributed by atoms with Gasteiger partial charge in [0, 0.05) is 25.0 Å². The first-order chi connectivity index (χ1) is 8.22. The lowest BCUT2D eigenvalue weighted by molar-refractivity contribution is -0.0797. The maximum absolute atomic E-state index is 9.75. The largest absolute Gasteiger partial charge is 0.392 e. The number of nitrogens with two attached hydrogens (primary N) is 1. The minimum absolute atomic E-state index is 0.0477. The molecule has 2 rings (SSSR count). The minimum Gasteiger partial charge on any atom is -0.392 e. The van der Waals surface area contributed by atoms with Crippen molar-refractivity contribution in [1.29, 1.82) is 0 Å². The Morgan fingerprint density at radius 3 is 2.44 bits per heavy atom. The number of likely N-dealkylation sites (tertiary alicyclic amines) is 1. The number of piperidine rings is 1. The maximum atomic E-state index is 9.75. The smallest absolute Gasteiger partial charge is 0.0788 e. The molecule has 0 saturated carbocycles. The van der Waals surface area contributed by atoms with Crippen LogP contribution in [0.3, 0.4) is 0 Å². The topological polar surface area (TPSA) is 58.7 Å². The standard InChI is InChI=1S/C14H28N2O2/c1-13(2)11(12(15)14(3,4)18-13)9-16-7-5-6-10(17)8-16/h10-12,17H,5-9,15H2,1-4H3. The van der Waals surface area contributed by atoms with Gasteiger partial charge in [-0.3, -0.25) is 0 Å². The van der Waals surface area contributed by atoms with E-state index in [-0.39, 0.29) is 23.3 Å². The Hall–Kier alpha value is -0.160. The van der Waals surface area contributed by atoms with Crippen LogP contribution in [0.4, 0.5) is 0 Å². The van der Waals surface area contributed by atoms with Crippen LogP contribution in [-0.2, 0) is 4.74 Å². The second-order valence-corrected chi connectivity index (χ2v) is 7.00. The van der Waals surface area contributed by atoms with E-state index in [2.05, 4.69) is 32.6 Å². The lowest BCUT2D eigenvalue weighted by Crippen LogP contribution is -2.50. The summed E-state index contributed by atoms with van der Waals surface area (Å²) in [5.41, 5.74) is 5.92. The van der Waals surface area contributed by atoms with Gasteiger partial charge in [0.1, 0.15) is 0 Å². The van der Waals surface area contributed by atoms with Crippen LogP contribution in [0, 0.1) is 5.92 Å². The molecule has 2 aliphatic rings. The highest BCUT2D eigenvalue weighted by Crippen LogP contribution is 2.41. The first-order valence-electron chi connectivity index (χ1n) is 7.08. The van der Waals surface area contributed by atoms with Crippen molar-refractivity contribution in [3.8, 4) is 0 Å². The molecule has 2 saturated heterocycles. The molecule has 3 N–H and O–H groups in total. The van der Waals surface area contributed by atoms with Gasteiger partial charge in [-0.15, -0.1) is 0 Å². The van der Waals surface area contributed by atoms with Gasteiger partial charge in [-0.2, -0.15) is 0 Å². The van der Waals surface area contributed by atoms with Gasteiger partial charge < -0.3 is 20.5 Å². The Balaban J connectivity index is 2.03. The number of hydrogen-bond acceptors (Lipinski definition) is 4. The SMILES string of the molecule is CC1(C)OC(C)(C)C(CN2CCCC(O)C2)C1N. The molecule has 2 fully saturated rings. The van der Waals surface area contributed by atoms with E-state index in [1.54, 1.807) is 0 Å². The third-order valence-electron chi connectivity index (χ3n) is 4.59. The molecule has 0 spiro atoms. The molecule has 2 aliphatic heterocycles. The third kappa shape index (κ3) is 2.72. The number of nitrogens with zero attached hydrogens (tertiary/aromatic N) is 1. The molecule has 0 aromatic heterocycles. The molecule has 0 bridgehead atoms. The highest BCUT2D eigenvalue weighted by Gasteiger charge is 2.52. The number of aliphatic hydroxyl groups excluding tert-OH is 1. The van der Waals surface area contributed by atoms with Crippen molar-refractivity contribution < 1.29 is 9.84 Å². The van der Waals surface area contributed by atoms with Crippen LogP contribution in [0.15, 0.2) is 0 Å². The van der Waals surface area contributed by atoms with Crippen molar-refractivity contribution in [2.24, 2.45) is 11.7 Å². The van der Waals surface area contributed by atoms with E-state index in [9.17, 15) is 5.11 Å². The lowest BCUT2D eigenvalue weighted by Gasteiger charge is -2.36. The van der Waals surface area contributed by atoms with Crippen LogP contribution >= 0.6 is 0 Å². The molecule has 4 heteroatoms. The molecule has 3 atom stereocenters. The van der Waals surface area contributed by atoms with Gasteiger partial charge in [0.2, 0.25) is 0 Å². The van der Waals surface area contributed by atoms with Crippen molar-refractivity contribution in [2.75, 3.05) is 19.6 Å². The fraction of sp³-hybridized carbons (Fsp3) is 1.00. The van der Waals surface area contributed by atoms with Gasteiger partial charge in [-0.05, 0) is 47.1 Å². The van der Waals surface area contributed by atoms with Gasteiger partial charge >= 0.3 is 0 Å². The van der Waals surface area contributed by atoms with E-state index in [0.717, 1.165) is 32.5 Å². The number of β-amino-alcohol motifs (C(OH)–C–C–N with tert-alkyl or cyclic N) is 1. The van der Waals surface area contributed by atoms with E-state index in [4.69, 9.17) is 10.5 Å². The number of ether oxygens (including phenoxy) is 1. The van der Waals surface area contributed by atoms with E-state index >= 15 is 0 Å². The van der Waals surface area contributed by atoms with E-state index < -0.39 is 0 Å². The van der Waals surface area contributed by atoms with Crippen molar-refractivity contribution >= 4 is 0 Å². The van der Waals surface area contributed by atoms with Crippen LogP contribution in [0.1, 0.15) is 40.5 Å². The van der Waals surface area contributed by atoms with Crippen molar-refractivity contribution in [2.45, 2.75) is 63.9 Å². The van der Waals surface area contributed by atoms with Gasteiger partial charge in [0.25, 0.3) is 0 Å². The van der Waals surface area contributed by atoms with E-state index in [0.29, 0.717) is 5.92 Å². The highest BCUT2D eigenvalue weighted by molar-refractivity contribution is 5.04. The van der Waals surface area contributed by atoms with Crippen molar-refractivity contribution in [3.63, 3.8) is 0 Å². The number of rotatable bonds is 2. The quantitative estimate of drug-likeness (QED) is 0.773. The Bertz CT molecular complexity index is 304. The second kappa shape index (κ2) is 4.75. The number of hydrogen-bond donors (Lipinski definition) is 2. The summed E-state index contributed by atoms with van der Waals surface area (Å²) in [6, 6.07) is 0.0477. The van der Waals surface area contributed by atoms with E-state index in [1.165, 1.54) is 0 Å². The molecule has 106 valence electrons.